The predicted molar refractivity (Wildman–Crippen MR) is 146 cm³/mol. The second-order valence-electron chi connectivity index (χ2n) is 9.02. The molecular formula is C24H42IN5O3. The topological polar surface area (TPSA) is 95.1 Å². The van der Waals surface area contributed by atoms with Crippen molar-refractivity contribution in [2.45, 2.75) is 65.0 Å². The maximum absolute atomic E-state index is 12.2. The van der Waals surface area contributed by atoms with Gasteiger partial charge in [-0.3, -0.25) is 9.79 Å². The Balaban J connectivity index is 0.0000102. The van der Waals surface area contributed by atoms with E-state index in [4.69, 9.17) is 4.74 Å². The lowest BCUT2D eigenvalue weighted by Crippen LogP contribution is -2.49. The van der Waals surface area contributed by atoms with Crippen LogP contribution in [0, 0.1) is 0 Å². The van der Waals surface area contributed by atoms with E-state index in [9.17, 15) is 9.59 Å². The summed E-state index contributed by atoms with van der Waals surface area (Å²) in [5, 5.41) is 9.56. The average molecular weight is 576 g/mol. The van der Waals surface area contributed by atoms with Crippen LogP contribution in [0.15, 0.2) is 29.3 Å². The fraction of sp³-hybridized carbons (Fsp3) is 0.625. The zero-order chi connectivity index (χ0) is 24.1. The van der Waals surface area contributed by atoms with Gasteiger partial charge < -0.3 is 25.6 Å². The number of alkyl carbamates (subject to hydrolysis) is 1. The molecule has 0 aromatic heterocycles. The van der Waals surface area contributed by atoms with Gasteiger partial charge in [-0.25, -0.2) is 4.79 Å². The summed E-state index contributed by atoms with van der Waals surface area (Å²) in [6.07, 6.45) is 3.35. The maximum Gasteiger partial charge on any atom is 0.407 e. The first-order valence-electron chi connectivity index (χ1n) is 11.3. The minimum Gasteiger partial charge on any atom is -0.444 e. The van der Waals surface area contributed by atoms with Crippen molar-refractivity contribution in [1.29, 1.82) is 0 Å². The molecule has 0 aliphatic rings. The van der Waals surface area contributed by atoms with E-state index in [1.54, 1.807) is 26.0 Å². The van der Waals surface area contributed by atoms with E-state index in [1.807, 2.05) is 45.0 Å². The first-order chi connectivity index (χ1) is 15.1. The Kier molecular flexibility index (Phi) is 14.8. The molecule has 0 aliphatic heterocycles. The number of nitrogens with one attached hydrogen (secondary N) is 3. The van der Waals surface area contributed by atoms with E-state index >= 15 is 0 Å². The number of unbranched alkanes of at least 4 members (excludes halogenated alkanes) is 1. The summed E-state index contributed by atoms with van der Waals surface area (Å²) in [6.45, 7) is 8.79. The zero-order valence-corrected chi connectivity index (χ0v) is 23.5. The summed E-state index contributed by atoms with van der Waals surface area (Å²) in [4.78, 5) is 30.1. The van der Waals surface area contributed by atoms with Crippen LogP contribution in [0.3, 0.4) is 0 Å². The molecule has 0 fully saturated rings. The minimum atomic E-state index is -0.525. The summed E-state index contributed by atoms with van der Waals surface area (Å²) in [5.74, 6) is 0.672. The fourth-order valence-electron chi connectivity index (χ4n) is 3.03. The Morgan fingerprint density at radius 1 is 1.18 bits per heavy atom. The Hall–Kier alpha value is -2.04. The van der Waals surface area contributed by atoms with E-state index in [1.165, 1.54) is 0 Å². The van der Waals surface area contributed by atoms with Gasteiger partial charge in [0.05, 0.1) is 0 Å². The van der Waals surface area contributed by atoms with Crippen molar-refractivity contribution in [3.05, 3.63) is 35.4 Å². The number of ether oxygens (including phenoxy) is 1. The molecule has 1 atom stereocenters. The van der Waals surface area contributed by atoms with Gasteiger partial charge in [-0.2, -0.15) is 0 Å². The van der Waals surface area contributed by atoms with Gasteiger partial charge in [-0.15, -0.1) is 24.0 Å². The third kappa shape index (κ3) is 13.3. The number of hydrogen-bond acceptors (Lipinski definition) is 4. The molecule has 1 aromatic rings. The summed E-state index contributed by atoms with van der Waals surface area (Å²) >= 11 is 0. The van der Waals surface area contributed by atoms with Crippen molar-refractivity contribution in [3.8, 4) is 0 Å². The van der Waals surface area contributed by atoms with E-state index in [0.717, 1.165) is 31.2 Å². The molecule has 1 aromatic carbocycles. The fourth-order valence-corrected chi connectivity index (χ4v) is 3.03. The summed E-state index contributed by atoms with van der Waals surface area (Å²) in [6, 6.07) is 7.71. The molecule has 0 aliphatic carbocycles. The summed E-state index contributed by atoms with van der Waals surface area (Å²) in [7, 11) is 5.22. The smallest absolute Gasteiger partial charge is 0.407 e. The van der Waals surface area contributed by atoms with Crippen LogP contribution in [-0.2, 0) is 11.2 Å². The number of nitrogens with zero attached hydrogens (tertiary/aromatic N) is 2. The van der Waals surface area contributed by atoms with Crippen molar-refractivity contribution < 1.29 is 14.3 Å². The Morgan fingerprint density at radius 2 is 1.88 bits per heavy atom. The monoisotopic (exact) mass is 575 g/mol. The quantitative estimate of drug-likeness (QED) is 0.224. The van der Waals surface area contributed by atoms with Crippen LogP contribution in [0.4, 0.5) is 4.79 Å². The van der Waals surface area contributed by atoms with Gasteiger partial charge in [0.15, 0.2) is 5.96 Å². The van der Waals surface area contributed by atoms with E-state index in [2.05, 4.69) is 27.9 Å². The molecule has 188 valence electrons. The number of aliphatic imine (C=N–C) groups is 1. The minimum absolute atomic E-state index is 0. The van der Waals surface area contributed by atoms with Crippen LogP contribution in [0.2, 0.25) is 0 Å². The molecule has 0 saturated heterocycles. The molecular weight excluding hydrogens is 533 g/mol. The highest BCUT2D eigenvalue weighted by Crippen LogP contribution is 2.08. The summed E-state index contributed by atoms with van der Waals surface area (Å²) < 4.78 is 5.33. The van der Waals surface area contributed by atoms with E-state index in [-0.39, 0.29) is 35.9 Å². The molecule has 0 spiro atoms. The Morgan fingerprint density at radius 3 is 2.45 bits per heavy atom. The number of carbonyl (C=O) groups excluding carboxylic acids is 2. The second-order valence-corrected chi connectivity index (χ2v) is 9.02. The van der Waals surface area contributed by atoms with Gasteiger partial charge in [0, 0.05) is 45.8 Å². The molecule has 1 rings (SSSR count). The second kappa shape index (κ2) is 15.7. The van der Waals surface area contributed by atoms with Crippen LogP contribution in [0.1, 0.15) is 62.9 Å². The van der Waals surface area contributed by atoms with E-state index in [0.29, 0.717) is 24.6 Å². The third-order valence-electron chi connectivity index (χ3n) is 4.65. The lowest BCUT2D eigenvalue weighted by atomic mass is 10.1. The number of carbonyl (C=O) groups is 2. The average Bonchev–Trinajstić information content (AvgIpc) is 2.72. The lowest BCUT2D eigenvalue weighted by Gasteiger charge is -2.24. The normalized spacial score (nSPS) is 12.3. The molecule has 0 saturated carbocycles. The number of hydrogen-bond donors (Lipinski definition) is 3. The number of benzene rings is 1. The number of rotatable bonds is 10. The molecule has 9 heteroatoms. The molecule has 1 unspecified atom stereocenters. The first-order valence-corrected chi connectivity index (χ1v) is 11.3. The molecule has 0 bridgehead atoms. The molecule has 2 amide bonds. The van der Waals surface area contributed by atoms with Gasteiger partial charge in [0.2, 0.25) is 0 Å². The van der Waals surface area contributed by atoms with Gasteiger partial charge in [0.1, 0.15) is 5.60 Å². The van der Waals surface area contributed by atoms with E-state index < -0.39 is 11.7 Å². The van der Waals surface area contributed by atoms with Gasteiger partial charge in [-0.05, 0) is 51.3 Å². The van der Waals surface area contributed by atoms with Crippen LogP contribution in [-0.4, -0.2) is 68.7 Å². The van der Waals surface area contributed by atoms with Crippen molar-refractivity contribution >= 4 is 41.9 Å². The highest BCUT2D eigenvalue weighted by atomic mass is 127. The lowest BCUT2D eigenvalue weighted by molar-refractivity contribution is 0.0522. The highest BCUT2D eigenvalue weighted by Gasteiger charge is 2.18. The number of amides is 2. The number of guanidine groups is 1. The van der Waals surface area contributed by atoms with Crippen molar-refractivity contribution in [1.82, 2.24) is 20.9 Å². The van der Waals surface area contributed by atoms with Crippen molar-refractivity contribution in [2.24, 2.45) is 4.99 Å². The zero-order valence-electron chi connectivity index (χ0n) is 21.2. The molecule has 3 N–H and O–H groups in total. The van der Waals surface area contributed by atoms with Gasteiger partial charge in [-0.1, -0.05) is 31.9 Å². The Bertz CT molecular complexity index is 763. The van der Waals surface area contributed by atoms with Crippen LogP contribution in [0.5, 0.6) is 0 Å². The summed E-state index contributed by atoms with van der Waals surface area (Å²) in [5.41, 5.74) is 1.24. The maximum atomic E-state index is 12.2. The third-order valence-corrected chi connectivity index (χ3v) is 4.65. The first kappa shape index (κ1) is 31.0. The van der Waals surface area contributed by atoms with Crippen LogP contribution < -0.4 is 16.0 Å². The number of halogens is 1. The SMILES string of the molecule is CCCCC(CNC(=O)OC(C)(C)C)NC(=NC)NCCc1cccc(C(=O)N(C)C)c1.I. The van der Waals surface area contributed by atoms with Crippen molar-refractivity contribution in [3.63, 3.8) is 0 Å². The molecule has 0 heterocycles. The van der Waals surface area contributed by atoms with Crippen LogP contribution in [0.25, 0.3) is 0 Å². The van der Waals surface area contributed by atoms with Crippen LogP contribution >= 0.6 is 24.0 Å². The molecule has 33 heavy (non-hydrogen) atoms. The molecule has 8 nitrogen and oxygen atoms in total. The standard InChI is InChI=1S/C24H41N5O3.HI/c1-8-9-13-20(17-27-23(31)32-24(2,3)4)28-22(25-5)26-15-14-18-11-10-12-19(16-18)21(30)29(6)7;/h10-12,16,20H,8-9,13-15,17H2,1-7H3,(H,27,31)(H2,25,26,28);1H. The molecule has 0 radical (unpaired) electrons. The largest absolute Gasteiger partial charge is 0.444 e. The van der Waals surface area contributed by atoms with Crippen molar-refractivity contribution in [2.75, 3.05) is 34.2 Å². The highest BCUT2D eigenvalue weighted by molar-refractivity contribution is 14.0. The van der Waals surface area contributed by atoms with Gasteiger partial charge in [0.25, 0.3) is 5.91 Å². The van der Waals surface area contributed by atoms with Gasteiger partial charge >= 0.3 is 6.09 Å². The predicted octanol–water partition coefficient (Wildman–Crippen LogP) is 3.80. The Labute approximate surface area is 216 Å².